The van der Waals surface area contributed by atoms with Crippen molar-refractivity contribution in [2.45, 2.75) is 50.2 Å². The quantitative estimate of drug-likeness (QED) is 0.586. The molecule has 0 fully saturated rings. The number of halogens is 1. The predicted molar refractivity (Wildman–Crippen MR) is 111 cm³/mol. The van der Waals surface area contributed by atoms with Gasteiger partial charge in [0, 0.05) is 23.1 Å². The number of aliphatic hydroxyl groups is 2. The first-order chi connectivity index (χ1) is 12.3. The van der Waals surface area contributed by atoms with Crippen LogP contribution in [0.25, 0.3) is 0 Å². The fourth-order valence-electron chi connectivity index (χ4n) is 2.69. The molecule has 0 aromatic heterocycles. The summed E-state index contributed by atoms with van der Waals surface area (Å²) in [5, 5.41) is 24.4. The normalized spacial score (nSPS) is 14.9. The standard InChI is InChI=1S/C22H31NO2S.ClH/c1-22(2,3)23-15-19(24)16-26-21(18-12-8-5-9-13-18)14-20(25)17-10-6-4-7-11-17;/h4-13,19-21,23-25H,14-16H2,1-3H3;1H/p-1. The van der Waals surface area contributed by atoms with Crippen molar-refractivity contribution in [3.05, 3.63) is 71.8 Å². The Morgan fingerprint density at radius 1 is 0.889 bits per heavy atom. The van der Waals surface area contributed by atoms with Gasteiger partial charge in [-0.25, -0.2) is 0 Å². The summed E-state index contributed by atoms with van der Waals surface area (Å²) in [5.74, 6) is 0.629. The van der Waals surface area contributed by atoms with Crippen LogP contribution in [0.4, 0.5) is 0 Å². The van der Waals surface area contributed by atoms with E-state index in [0.29, 0.717) is 18.7 Å². The van der Waals surface area contributed by atoms with Crippen LogP contribution in [0.3, 0.4) is 0 Å². The topological polar surface area (TPSA) is 52.5 Å². The first-order valence-corrected chi connectivity index (χ1v) is 10.2. The largest absolute Gasteiger partial charge is 1.00 e. The number of benzene rings is 2. The van der Waals surface area contributed by atoms with Crippen LogP contribution in [0.5, 0.6) is 0 Å². The second-order valence-electron chi connectivity index (χ2n) is 7.68. The van der Waals surface area contributed by atoms with E-state index in [9.17, 15) is 10.2 Å². The molecule has 0 saturated carbocycles. The van der Waals surface area contributed by atoms with Gasteiger partial charge in [0.2, 0.25) is 0 Å². The Kier molecular flexibility index (Phi) is 10.4. The van der Waals surface area contributed by atoms with E-state index in [0.717, 1.165) is 5.56 Å². The molecule has 3 nitrogen and oxygen atoms in total. The average molecular weight is 409 g/mol. The van der Waals surface area contributed by atoms with Gasteiger partial charge in [-0.15, -0.1) is 0 Å². The summed E-state index contributed by atoms with van der Waals surface area (Å²) in [6.07, 6.45) is -0.309. The number of thioether (sulfide) groups is 1. The van der Waals surface area contributed by atoms with Crippen LogP contribution < -0.4 is 17.7 Å². The van der Waals surface area contributed by atoms with Gasteiger partial charge in [0.1, 0.15) is 0 Å². The fraction of sp³-hybridized carbons (Fsp3) is 0.455. The van der Waals surface area contributed by atoms with Crippen LogP contribution in [-0.4, -0.2) is 34.2 Å². The summed E-state index contributed by atoms with van der Waals surface area (Å²) >= 11 is 1.71. The van der Waals surface area contributed by atoms with Crippen molar-refractivity contribution < 1.29 is 22.6 Å². The minimum atomic E-state index is -0.515. The Morgan fingerprint density at radius 3 is 1.93 bits per heavy atom. The van der Waals surface area contributed by atoms with Crippen molar-refractivity contribution in [3.63, 3.8) is 0 Å². The van der Waals surface area contributed by atoms with E-state index in [1.54, 1.807) is 11.8 Å². The van der Waals surface area contributed by atoms with Crippen molar-refractivity contribution in [3.8, 4) is 0 Å². The second kappa shape index (κ2) is 11.7. The minimum Gasteiger partial charge on any atom is -1.00 e. The van der Waals surface area contributed by atoms with E-state index < -0.39 is 12.2 Å². The molecule has 0 saturated heterocycles. The third kappa shape index (κ3) is 9.13. The van der Waals surface area contributed by atoms with Crippen LogP contribution in [-0.2, 0) is 0 Å². The van der Waals surface area contributed by atoms with Gasteiger partial charge in [0.25, 0.3) is 0 Å². The number of β-amino-alcohol motifs (C(OH)–C–C–N with tert-alkyl or cyclic N) is 1. The van der Waals surface area contributed by atoms with Crippen LogP contribution in [0.15, 0.2) is 60.7 Å². The molecule has 0 aliphatic heterocycles. The lowest BCUT2D eigenvalue weighted by atomic mass is 10.0. The molecule has 2 aromatic carbocycles. The van der Waals surface area contributed by atoms with Crippen molar-refractivity contribution >= 4 is 11.8 Å². The van der Waals surface area contributed by atoms with E-state index in [1.807, 2.05) is 48.5 Å². The number of aliphatic hydroxyl groups excluding tert-OH is 2. The van der Waals surface area contributed by atoms with Gasteiger partial charge >= 0.3 is 0 Å². The molecule has 27 heavy (non-hydrogen) atoms. The fourth-order valence-corrected chi connectivity index (χ4v) is 3.93. The molecule has 0 aliphatic carbocycles. The molecule has 0 spiro atoms. The number of nitrogens with one attached hydrogen (secondary N) is 1. The van der Waals surface area contributed by atoms with Crippen molar-refractivity contribution in [2.75, 3.05) is 12.3 Å². The summed E-state index contributed by atoms with van der Waals surface area (Å²) in [6.45, 7) is 6.85. The van der Waals surface area contributed by atoms with E-state index >= 15 is 0 Å². The zero-order valence-corrected chi connectivity index (χ0v) is 17.9. The van der Waals surface area contributed by atoms with E-state index in [4.69, 9.17) is 0 Å². The Labute approximate surface area is 174 Å². The third-order valence-electron chi connectivity index (χ3n) is 4.15. The molecule has 3 unspecified atom stereocenters. The highest BCUT2D eigenvalue weighted by atomic mass is 35.5. The molecule has 150 valence electrons. The van der Waals surface area contributed by atoms with Gasteiger partial charge in [0.05, 0.1) is 12.2 Å². The summed E-state index contributed by atoms with van der Waals surface area (Å²) < 4.78 is 0. The van der Waals surface area contributed by atoms with Crippen LogP contribution >= 0.6 is 11.8 Å². The first kappa shape index (κ1) is 24.0. The molecular weight excluding hydrogens is 378 g/mol. The smallest absolute Gasteiger partial charge is 0.0803 e. The molecule has 2 aromatic rings. The lowest BCUT2D eigenvalue weighted by Gasteiger charge is -2.25. The zero-order chi connectivity index (χ0) is 19.0. The molecule has 3 N–H and O–H groups in total. The lowest BCUT2D eigenvalue weighted by molar-refractivity contribution is -0.00000934. The van der Waals surface area contributed by atoms with Gasteiger partial charge in [-0.2, -0.15) is 11.8 Å². The molecule has 0 aliphatic rings. The van der Waals surface area contributed by atoms with Crippen molar-refractivity contribution in [1.29, 1.82) is 0 Å². The number of hydrogen-bond acceptors (Lipinski definition) is 4. The summed E-state index contributed by atoms with van der Waals surface area (Å²) in [6, 6.07) is 20.0. The predicted octanol–water partition coefficient (Wildman–Crippen LogP) is 1.34. The lowest BCUT2D eigenvalue weighted by Crippen LogP contribution is -3.00. The second-order valence-corrected chi connectivity index (χ2v) is 8.92. The van der Waals surface area contributed by atoms with Gasteiger partial charge < -0.3 is 27.9 Å². The van der Waals surface area contributed by atoms with E-state index in [-0.39, 0.29) is 23.2 Å². The SMILES string of the molecule is CC(C)(C)NCC(O)CSC(CC(O)c1ccccc1)c1ccccc1.[Cl-]. The minimum absolute atomic E-state index is 0. The van der Waals surface area contributed by atoms with E-state index in [2.05, 4.69) is 38.2 Å². The maximum absolute atomic E-state index is 10.6. The molecule has 2 rings (SSSR count). The van der Waals surface area contributed by atoms with Crippen LogP contribution in [0.1, 0.15) is 49.7 Å². The Bertz CT molecular complexity index is 634. The van der Waals surface area contributed by atoms with E-state index in [1.165, 1.54) is 5.56 Å². The highest BCUT2D eigenvalue weighted by Gasteiger charge is 2.20. The molecule has 0 amide bonds. The summed E-state index contributed by atoms with van der Waals surface area (Å²) in [4.78, 5) is 0. The van der Waals surface area contributed by atoms with Crippen LogP contribution in [0.2, 0.25) is 0 Å². The Morgan fingerprint density at radius 2 is 1.41 bits per heavy atom. The Hall–Kier alpha value is -1.04. The number of rotatable bonds is 9. The zero-order valence-electron chi connectivity index (χ0n) is 16.3. The molecule has 3 atom stereocenters. The van der Waals surface area contributed by atoms with Crippen molar-refractivity contribution in [2.24, 2.45) is 0 Å². The summed E-state index contributed by atoms with van der Waals surface area (Å²) in [5.41, 5.74) is 2.11. The Balaban J connectivity index is 0.00000364. The van der Waals surface area contributed by atoms with Gasteiger partial charge in [-0.1, -0.05) is 60.7 Å². The molecule has 0 radical (unpaired) electrons. The highest BCUT2D eigenvalue weighted by Crippen LogP contribution is 2.37. The molecule has 0 heterocycles. The number of hydrogen-bond donors (Lipinski definition) is 3. The van der Waals surface area contributed by atoms with Crippen molar-refractivity contribution in [1.82, 2.24) is 5.32 Å². The third-order valence-corrected chi connectivity index (χ3v) is 5.60. The maximum atomic E-state index is 10.6. The summed E-state index contributed by atoms with van der Waals surface area (Å²) in [7, 11) is 0. The van der Waals surface area contributed by atoms with Crippen LogP contribution in [0, 0.1) is 0 Å². The molecule has 0 bridgehead atoms. The maximum Gasteiger partial charge on any atom is 0.0803 e. The van der Waals surface area contributed by atoms with Gasteiger partial charge in [-0.3, -0.25) is 0 Å². The monoisotopic (exact) mass is 408 g/mol. The average Bonchev–Trinajstić information content (AvgIpc) is 2.64. The van der Waals surface area contributed by atoms with Gasteiger partial charge in [0.15, 0.2) is 0 Å². The first-order valence-electron chi connectivity index (χ1n) is 9.18. The molecular formula is C22H31ClNO2S-. The van der Waals surface area contributed by atoms with Gasteiger partial charge in [-0.05, 0) is 38.3 Å². The highest BCUT2D eigenvalue weighted by molar-refractivity contribution is 7.99. The molecule has 5 heteroatoms.